The van der Waals surface area contributed by atoms with E-state index in [-0.39, 0.29) is 12.5 Å². The van der Waals surface area contributed by atoms with Crippen molar-refractivity contribution in [3.63, 3.8) is 0 Å². The van der Waals surface area contributed by atoms with E-state index in [9.17, 15) is 30.3 Å². The van der Waals surface area contributed by atoms with E-state index in [1.54, 1.807) is 0 Å². The average Bonchev–Trinajstić information content (AvgIpc) is 3.31. The molecule has 0 bridgehead atoms. The maximum absolute atomic E-state index is 13.1. The van der Waals surface area contributed by atoms with Crippen LogP contribution in [0.25, 0.3) is 0 Å². The van der Waals surface area contributed by atoms with Crippen molar-refractivity contribution in [2.45, 2.75) is 326 Å². The van der Waals surface area contributed by atoms with E-state index in [2.05, 4.69) is 31.3 Å². The number of hydrogen-bond acceptors (Lipinski definition) is 8. The van der Waals surface area contributed by atoms with Gasteiger partial charge in [0.1, 0.15) is 24.4 Å². The van der Waals surface area contributed by atoms with Gasteiger partial charge in [-0.05, 0) is 38.5 Å². The van der Waals surface area contributed by atoms with Gasteiger partial charge in [-0.2, -0.15) is 0 Å². The predicted molar refractivity (Wildman–Crippen MR) is 272 cm³/mol. The first-order chi connectivity index (χ1) is 31.8. The molecule has 65 heavy (non-hydrogen) atoms. The summed E-state index contributed by atoms with van der Waals surface area (Å²) in [6, 6.07) is -0.719. The molecule has 1 rings (SSSR count). The summed E-state index contributed by atoms with van der Waals surface area (Å²) in [5.74, 6) is -0.144. The number of aliphatic hydroxyl groups excluding tert-OH is 5. The predicted octanol–water partition coefficient (Wildman–Crippen LogP) is 13.6. The largest absolute Gasteiger partial charge is 0.394 e. The summed E-state index contributed by atoms with van der Waals surface area (Å²) in [4.78, 5) is 13.1. The van der Waals surface area contributed by atoms with E-state index in [0.29, 0.717) is 12.8 Å². The molecule has 0 aromatic heterocycles. The van der Waals surface area contributed by atoms with Gasteiger partial charge in [-0.1, -0.05) is 251 Å². The Morgan fingerprint density at radius 3 is 1.25 bits per heavy atom. The Labute approximate surface area is 401 Å². The van der Waals surface area contributed by atoms with E-state index >= 15 is 0 Å². The van der Waals surface area contributed by atoms with E-state index in [4.69, 9.17) is 9.47 Å². The third-order valence-corrected chi connectivity index (χ3v) is 13.9. The minimum absolute atomic E-state index is 0.136. The van der Waals surface area contributed by atoms with Crippen LogP contribution in [0.4, 0.5) is 0 Å². The maximum atomic E-state index is 13.1. The summed E-state index contributed by atoms with van der Waals surface area (Å²) in [7, 11) is 0. The number of amides is 1. The lowest BCUT2D eigenvalue weighted by Gasteiger charge is -2.40. The fraction of sp³-hybridized carbons (Fsp3) is 0.946. The highest BCUT2D eigenvalue weighted by Gasteiger charge is 2.44. The van der Waals surface area contributed by atoms with Crippen LogP contribution in [0.1, 0.15) is 284 Å². The lowest BCUT2D eigenvalue weighted by molar-refractivity contribution is -0.302. The summed E-state index contributed by atoms with van der Waals surface area (Å²) in [5, 5.41) is 54.6. The molecule has 0 spiro atoms. The van der Waals surface area contributed by atoms with Crippen molar-refractivity contribution in [2.24, 2.45) is 0 Å². The SMILES string of the molecule is CCCCCCCCC/C=C\CCCCCCCCCC(=O)NC(COC1OC(CO)C(O)C(O)C1O)C(O)CCCCCCCCCCCCCCCCCCCCCCCCCC. The summed E-state index contributed by atoms with van der Waals surface area (Å²) in [6.07, 6.45) is 49.5. The Morgan fingerprint density at radius 2 is 0.862 bits per heavy atom. The Bertz CT molecular complexity index is 1030. The number of carbonyl (C=O) groups excluding carboxylic acids is 1. The lowest BCUT2D eigenvalue weighted by atomic mass is 9.99. The van der Waals surface area contributed by atoms with Crippen molar-refractivity contribution in [3.8, 4) is 0 Å². The third kappa shape index (κ3) is 36.6. The van der Waals surface area contributed by atoms with Crippen LogP contribution >= 0.6 is 0 Å². The monoisotopic (exact) mass is 924 g/mol. The van der Waals surface area contributed by atoms with E-state index in [1.165, 1.54) is 218 Å². The molecule has 0 aliphatic carbocycles. The Morgan fingerprint density at radius 1 is 0.508 bits per heavy atom. The first-order valence-corrected chi connectivity index (χ1v) is 28.4. The van der Waals surface area contributed by atoms with Crippen LogP contribution in [0, 0.1) is 0 Å². The van der Waals surface area contributed by atoms with Crippen LogP contribution < -0.4 is 5.32 Å². The molecule has 386 valence electrons. The smallest absolute Gasteiger partial charge is 0.220 e. The van der Waals surface area contributed by atoms with Gasteiger partial charge < -0.3 is 40.3 Å². The Balaban J connectivity index is 2.21. The van der Waals surface area contributed by atoms with Crippen LogP contribution in [0.5, 0.6) is 0 Å². The van der Waals surface area contributed by atoms with Crippen molar-refractivity contribution in [1.29, 1.82) is 0 Å². The van der Waals surface area contributed by atoms with Crippen LogP contribution in [0.15, 0.2) is 12.2 Å². The highest BCUT2D eigenvalue weighted by Crippen LogP contribution is 2.23. The topological polar surface area (TPSA) is 149 Å². The van der Waals surface area contributed by atoms with Crippen LogP contribution in [0.3, 0.4) is 0 Å². The van der Waals surface area contributed by atoms with Gasteiger partial charge in [0.25, 0.3) is 0 Å². The Hall–Kier alpha value is -1.07. The zero-order valence-corrected chi connectivity index (χ0v) is 42.8. The lowest BCUT2D eigenvalue weighted by Crippen LogP contribution is -2.60. The van der Waals surface area contributed by atoms with E-state index < -0.39 is 49.5 Å². The zero-order chi connectivity index (χ0) is 47.3. The van der Waals surface area contributed by atoms with Gasteiger partial charge in [-0.15, -0.1) is 0 Å². The number of nitrogens with one attached hydrogen (secondary N) is 1. The van der Waals surface area contributed by atoms with Crippen LogP contribution in [0.2, 0.25) is 0 Å². The molecule has 7 unspecified atom stereocenters. The number of ether oxygens (including phenoxy) is 2. The van der Waals surface area contributed by atoms with Crippen molar-refractivity contribution in [2.75, 3.05) is 13.2 Å². The first kappa shape index (κ1) is 61.9. The second kappa shape index (κ2) is 46.6. The summed E-state index contributed by atoms with van der Waals surface area (Å²) >= 11 is 0. The van der Waals surface area contributed by atoms with Crippen molar-refractivity contribution in [1.82, 2.24) is 5.32 Å². The van der Waals surface area contributed by atoms with E-state index in [0.717, 1.165) is 38.5 Å². The minimum atomic E-state index is -1.55. The summed E-state index contributed by atoms with van der Waals surface area (Å²) in [6.45, 7) is 3.87. The maximum Gasteiger partial charge on any atom is 0.220 e. The second-order valence-electron chi connectivity index (χ2n) is 20.1. The molecule has 0 saturated carbocycles. The Kier molecular flexibility index (Phi) is 44.5. The number of carbonyl (C=O) groups is 1. The molecule has 6 N–H and O–H groups in total. The van der Waals surface area contributed by atoms with E-state index in [1.807, 2.05) is 0 Å². The van der Waals surface area contributed by atoms with Gasteiger partial charge in [0.15, 0.2) is 6.29 Å². The quantitative estimate of drug-likeness (QED) is 0.0261. The van der Waals surface area contributed by atoms with Gasteiger partial charge in [0.2, 0.25) is 5.91 Å². The number of aliphatic hydroxyl groups is 5. The summed E-state index contributed by atoms with van der Waals surface area (Å²) in [5.41, 5.74) is 0. The molecule has 9 nitrogen and oxygen atoms in total. The van der Waals surface area contributed by atoms with Crippen LogP contribution in [-0.4, -0.2) is 87.5 Å². The fourth-order valence-corrected chi connectivity index (χ4v) is 9.34. The molecule has 0 radical (unpaired) electrons. The molecule has 1 heterocycles. The summed E-state index contributed by atoms with van der Waals surface area (Å²) < 4.78 is 11.3. The van der Waals surface area contributed by atoms with Gasteiger partial charge in [0, 0.05) is 6.42 Å². The molecule has 9 heteroatoms. The molecule has 1 aliphatic rings. The van der Waals surface area contributed by atoms with Crippen molar-refractivity contribution in [3.05, 3.63) is 12.2 Å². The van der Waals surface area contributed by atoms with Crippen LogP contribution in [-0.2, 0) is 14.3 Å². The normalized spacial score (nSPS) is 19.9. The molecule has 0 aromatic rings. The zero-order valence-electron chi connectivity index (χ0n) is 42.8. The van der Waals surface area contributed by atoms with Gasteiger partial charge >= 0.3 is 0 Å². The molecule has 1 saturated heterocycles. The average molecular weight is 924 g/mol. The molecular weight excluding hydrogens is 815 g/mol. The highest BCUT2D eigenvalue weighted by molar-refractivity contribution is 5.76. The molecule has 7 atom stereocenters. The number of hydrogen-bond donors (Lipinski definition) is 6. The molecular formula is C56H109NO8. The highest BCUT2D eigenvalue weighted by atomic mass is 16.7. The van der Waals surface area contributed by atoms with Gasteiger partial charge in [-0.25, -0.2) is 0 Å². The number of unbranched alkanes of at least 4 members (excludes halogenated alkanes) is 37. The van der Waals surface area contributed by atoms with Crippen molar-refractivity contribution >= 4 is 5.91 Å². The molecule has 0 aromatic carbocycles. The standard InChI is InChI=1S/C56H109NO8/c1-3-5-7-9-11-13-15-17-19-21-23-24-25-26-27-28-29-31-33-35-37-39-41-43-45-50(59)49(48-64-56-55(63)54(62)53(61)51(47-58)65-56)57-52(60)46-44-42-40-38-36-34-32-30-22-20-18-16-14-12-10-8-6-4-2/h20,22,49-51,53-56,58-59,61-63H,3-19,21,23-48H2,1-2H3,(H,57,60)/b22-20-. The van der Waals surface area contributed by atoms with Crippen molar-refractivity contribution < 1.29 is 39.8 Å². The molecule has 1 fully saturated rings. The fourth-order valence-electron chi connectivity index (χ4n) is 9.34. The number of rotatable bonds is 49. The minimum Gasteiger partial charge on any atom is -0.394 e. The molecule has 1 amide bonds. The molecule has 1 aliphatic heterocycles. The number of allylic oxidation sites excluding steroid dienone is 2. The van der Waals surface area contributed by atoms with Gasteiger partial charge in [0.05, 0.1) is 25.4 Å². The van der Waals surface area contributed by atoms with Gasteiger partial charge in [-0.3, -0.25) is 4.79 Å². The third-order valence-electron chi connectivity index (χ3n) is 13.9. The second-order valence-corrected chi connectivity index (χ2v) is 20.1. The first-order valence-electron chi connectivity index (χ1n) is 28.4.